The van der Waals surface area contributed by atoms with Crippen molar-refractivity contribution in [2.75, 3.05) is 13.1 Å². The Morgan fingerprint density at radius 1 is 1.59 bits per heavy atom. The second kappa shape index (κ2) is 5.72. The van der Waals surface area contributed by atoms with Gasteiger partial charge in [0.2, 0.25) is 0 Å². The van der Waals surface area contributed by atoms with Crippen LogP contribution in [0.3, 0.4) is 0 Å². The molecule has 0 radical (unpaired) electrons. The monoisotopic (exact) mass is 237 g/mol. The van der Waals surface area contributed by atoms with E-state index in [1.54, 1.807) is 0 Å². The first-order valence-electron chi connectivity index (χ1n) is 5.88. The van der Waals surface area contributed by atoms with E-state index in [1.165, 1.54) is 18.7 Å². The van der Waals surface area contributed by atoms with Crippen LogP contribution < -0.4 is 10.6 Å². The summed E-state index contributed by atoms with van der Waals surface area (Å²) in [6.45, 7) is 1.67. The van der Waals surface area contributed by atoms with Gasteiger partial charge in [0.15, 0.2) is 0 Å². The van der Waals surface area contributed by atoms with Crippen molar-refractivity contribution in [1.29, 1.82) is 0 Å². The molecule has 0 bridgehead atoms. The average Bonchev–Trinajstić information content (AvgIpc) is 2.82. The highest BCUT2D eigenvalue weighted by molar-refractivity contribution is 5.93. The molecule has 0 saturated carbocycles. The van der Waals surface area contributed by atoms with Gasteiger partial charge >= 0.3 is 0 Å². The van der Waals surface area contributed by atoms with Crippen LogP contribution in [-0.4, -0.2) is 30.0 Å². The molecule has 4 nitrogen and oxygen atoms in total. The second-order valence-corrected chi connectivity index (χ2v) is 4.23. The minimum atomic E-state index is -0.491. The van der Waals surface area contributed by atoms with E-state index >= 15 is 0 Å². The fourth-order valence-corrected chi connectivity index (χ4v) is 2.00. The zero-order chi connectivity index (χ0) is 12.1. The summed E-state index contributed by atoms with van der Waals surface area (Å²) in [5.74, 6) is -0.759. The van der Waals surface area contributed by atoms with E-state index in [2.05, 4.69) is 15.6 Å². The van der Waals surface area contributed by atoms with E-state index in [9.17, 15) is 9.18 Å². The summed E-state index contributed by atoms with van der Waals surface area (Å²) in [6.07, 6.45) is 5.73. The first-order valence-corrected chi connectivity index (χ1v) is 5.88. The lowest BCUT2D eigenvalue weighted by molar-refractivity contribution is 0.0951. The van der Waals surface area contributed by atoms with E-state index in [0.29, 0.717) is 12.6 Å². The van der Waals surface area contributed by atoms with Crippen molar-refractivity contribution in [2.24, 2.45) is 0 Å². The first kappa shape index (κ1) is 12.0. The molecule has 92 valence electrons. The highest BCUT2D eigenvalue weighted by Gasteiger charge is 2.14. The zero-order valence-corrected chi connectivity index (χ0v) is 9.58. The molecule has 0 aromatic carbocycles. The van der Waals surface area contributed by atoms with Crippen molar-refractivity contribution < 1.29 is 9.18 Å². The molecule has 1 aliphatic heterocycles. The molecule has 1 aromatic rings. The largest absolute Gasteiger partial charge is 0.352 e. The van der Waals surface area contributed by atoms with Crippen molar-refractivity contribution in [3.05, 3.63) is 29.8 Å². The molecular formula is C12H16FN3O. The van der Waals surface area contributed by atoms with Crippen molar-refractivity contribution in [3.63, 3.8) is 0 Å². The predicted octanol–water partition coefficient (Wildman–Crippen LogP) is 1.09. The first-order chi connectivity index (χ1) is 8.25. The van der Waals surface area contributed by atoms with Crippen molar-refractivity contribution >= 4 is 5.91 Å². The van der Waals surface area contributed by atoms with Crippen LogP contribution in [0.1, 0.15) is 29.6 Å². The number of rotatable bonds is 4. The smallest absolute Gasteiger partial charge is 0.252 e. The van der Waals surface area contributed by atoms with Crippen LogP contribution in [0.2, 0.25) is 0 Å². The summed E-state index contributed by atoms with van der Waals surface area (Å²) in [5.41, 5.74) is 0.268. The molecule has 0 aliphatic carbocycles. The Labute approximate surface area is 99.6 Å². The Kier molecular flexibility index (Phi) is 4.03. The van der Waals surface area contributed by atoms with Gasteiger partial charge in [-0.2, -0.15) is 0 Å². The predicted molar refractivity (Wildman–Crippen MR) is 62.2 cm³/mol. The maximum Gasteiger partial charge on any atom is 0.252 e. The number of aromatic nitrogens is 1. The van der Waals surface area contributed by atoms with Gasteiger partial charge < -0.3 is 10.6 Å². The van der Waals surface area contributed by atoms with Crippen LogP contribution in [-0.2, 0) is 0 Å². The lowest BCUT2D eigenvalue weighted by Crippen LogP contribution is -2.30. The van der Waals surface area contributed by atoms with Crippen LogP contribution in [0.25, 0.3) is 0 Å². The molecule has 2 N–H and O–H groups in total. The summed E-state index contributed by atoms with van der Waals surface area (Å²) in [5, 5.41) is 6.12. The Balaban J connectivity index is 1.77. The van der Waals surface area contributed by atoms with Crippen LogP contribution >= 0.6 is 0 Å². The number of carbonyl (C=O) groups is 1. The zero-order valence-electron chi connectivity index (χ0n) is 9.58. The van der Waals surface area contributed by atoms with Crippen LogP contribution in [0.4, 0.5) is 4.39 Å². The number of hydrogen-bond donors (Lipinski definition) is 2. The number of amides is 1. The third-order valence-corrected chi connectivity index (χ3v) is 2.91. The maximum atomic E-state index is 12.8. The van der Waals surface area contributed by atoms with Crippen LogP contribution in [0, 0.1) is 5.82 Å². The van der Waals surface area contributed by atoms with E-state index in [0.717, 1.165) is 25.6 Å². The fraction of sp³-hybridized carbons (Fsp3) is 0.500. The number of hydrogen-bond acceptors (Lipinski definition) is 3. The average molecular weight is 237 g/mol. The molecule has 2 heterocycles. The third kappa shape index (κ3) is 3.49. The lowest BCUT2D eigenvalue weighted by Gasteiger charge is -2.10. The second-order valence-electron chi connectivity index (χ2n) is 4.23. The van der Waals surface area contributed by atoms with Gasteiger partial charge in [0.05, 0.1) is 11.8 Å². The third-order valence-electron chi connectivity index (χ3n) is 2.91. The lowest BCUT2D eigenvalue weighted by atomic mass is 10.1. The Morgan fingerprint density at radius 3 is 3.18 bits per heavy atom. The van der Waals surface area contributed by atoms with E-state index in [-0.39, 0.29) is 11.5 Å². The molecule has 1 saturated heterocycles. The normalized spacial score (nSPS) is 19.2. The highest BCUT2D eigenvalue weighted by atomic mass is 19.1. The molecule has 1 atom stereocenters. The number of nitrogens with one attached hydrogen (secondary N) is 2. The number of carbonyl (C=O) groups excluding carboxylic acids is 1. The minimum absolute atomic E-state index is 0.268. The van der Waals surface area contributed by atoms with Gasteiger partial charge in [-0.3, -0.25) is 9.78 Å². The standard InChI is InChI=1S/C12H16FN3O/c13-10-6-9(7-14-8-10)12(17)16-5-3-11-2-1-4-15-11/h6-8,11,15H,1-5H2,(H,16,17)/t11-/m0/s1. The van der Waals surface area contributed by atoms with Crippen LogP contribution in [0.5, 0.6) is 0 Å². The number of nitrogens with zero attached hydrogens (tertiary/aromatic N) is 1. The molecule has 17 heavy (non-hydrogen) atoms. The minimum Gasteiger partial charge on any atom is -0.352 e. The quantitative estimate of drug-likeness (QED) is 0.824. The molecular weight excluding hydrogens is 221 g/mol. The maximum absolute atomic E-state index is 12.8. The number of halogens is 1. The molecule has 0 unspecified atom stereocenters. The van der Waals surface area contributed by atoms with E-state index in [4.69, 9.17) is 0 Å². The summed E-state index contributed by atoms with van der Waals surface area (Å²) in [4.78, 5) is 15.3. The van der Waals surface area contributed by atoms with Crippen molar-refractivity contribution in [2.45, 2.75) is 25.3 Å². The Morgan fingerprint density at radius 2 is 2.47 bits per heavy atom. The van der Waals surface area contributed by atoms with Gasteiger partial charge in [-0.05, 0) is 31.9 Å². The van der Waals surface area contributed by atoms with E-state index in [1.807, 2.05) is 0 Å². The van der Waals surface area contributed by atoms with Gasteiger partial charge in [-0.1, -0.05) is 0 Å². The van der Waals surface area contributed by atoms with Gasteiger partial charge in [-0.15, -0.1) is 0 Å². The molecule has 1 fully saturated rings. The van der Waals surface area contributed by atoms with Crippen LogP contribution in [0.15, 0.2) is 18.5 Å². The summed E-state index contributed by atoms with van der Waals surface area (Å²) >= 11 is 0. The number of pyridine rings is 1. The molecule has 0 spiro atoms. The van der Waals surface area contributed by atoms with Gasteiger partial charge in [0.1, 0.15) is 5.82 Å². The van der Waals surface area contributed by atoms with E-state index < -0.39 is 5.82 Å². The molecule has 1 amide bonds. The Bertz CT molecular complexity index is 391. The highest BCUT2D eigenvalue weighted by Crippen LogP contribution is 2.07. The summed E-state index contributed by atoms with van der Waals surface area (Å²) in [6, 6.07) is 1.69. The van der Waals surface area contributed by atoms with Crippen molar-refractivity contribution in [1.82, 2.24) is 15.6 Å². The van der Waals surface area contributed by atoms with Crippen molar-refractivity contribution in [3.8, 4) is 0 Å². The Hall–Kier alpha value is -1.49. The molecule has 1 aromatic heterocycles. The van der Waals surface area contributed by atoms with Gasteiger partial charge in [-0.25, -0.2) is 4.39 Å². The summed E-state index contributed by atoms with van der Waals surface area (Å²) in [7, 11) is 0. The topological polar surface area (TPSA) is 54.0 Å². The molecule has 5 heteroatoms. The van der Waals surface area contributed by atoms with Gasteiger partial charge in [0.25, 0.3) is 5.91 Å². The molecule has 2 rings (SSSR count). The summed E-state index contributed by atoms with van der Waals surface area (Å²) < 4.78 is 12.8. The van der Waals surface area contributed by atoms with Gasteiger partial charge in [0, 0.05) is 18.8 Å². The SMILES string of the molecule is O=C(NCC[C@@H]1CCCN1)c1cncc(F)c1. The molecule has 1 aliphatic rings. The fourth-order valence-electron chi connectivity index (χ4n) is 2.00.